The van der Waals surface area contributed by atoms with E-state index in [-0.39, 0.29) is 6.04 Å². The topological polar surface area (TPSA) is 32.3 Å². The Hall–Kier alpha value is -0.410. The van der Waals surface area contributed by atoms with Crippen LogP contribution < -0.4 is 5.32 Å². The summed E-state index contributed by atoms with van der Waals surface area (Å²) < 4.78 is 0. The van der Waals surface area contributed by atoms with E-state index in [1.807, 2.05) is 14.1 Å². The second kappa shape index (κ2) is 3.12. The van der Waals surface area contributed by atoms with Gasteiger partial charge in [-0.25, -0.2) is 0 Å². The lowest BCUT2D eigenvalue weighted by Gasteiger charge is -2.16. The third-order valence-corrected chi connectivity index (χ3v) is 2.04. The predicted octanol–water partition coefficient (Wildman–Crippen LogP) is -0.523. The van der Waals surface area contributed by atoms with Crippen molar-refractivity contribution in [1.82, 2.24) is 10.2 Å². The van der Waals surface area contributed by atoms with Crippen LogP contribution in [0.15, 0.2) is 0 Å². The average molecular weight is 142 g/mol. The predicted molar refractivity (Wildman–Crippen MR) is 39.9 cm³/mol. The number of likely N-dealkylation sites (N-methyl/N-ethyl adjacent to an activating group) is 1. The van der Waals surface area contributed by atoms with E-state index in [2.05, 4.69) is 10.2 Å². The molecule has 1 aliphatic rings. The van der Waals surface area contributed by atoms with Crippen molar-refractivity contribution in [2.45, 2.75) is 18.5 Å². The van der Waals surface area contributed by atoms with E-state index >= 15 is 0 Å². The molecular formula is C7H14N2O. The molecule has 0 radical (unpaired) electrons. The van der Waals surface area contributed by atoms with Gasteiger partial charge in [0.15, 0.2) is 0 Å². The van der Waals surface area contributed by atoms with Crippen LogP contribution in [0, 0.1) is 0 Å². The zero-order chi connectivity index (χ0) is 7.56. The summed E-state index contributed by atoms with van der Waals surface area (Å²) in [5.74, 6) is 0. The van der Waals surface area contributed by atoms with E-state index in [4.69, 9.17) is 0 Å². The minimum atomic E-state index is 0.0902. The molecule has 58 valence electrons. The minimum Gasteiger partial charge on any atom is -0.306 e. The van der Waals surface area contributed by atoms with Crippen molar-refractivity contribution in [3.63, 3.8) is 0 Å². The molecule has 0 aromatic rings. The van der Waals surface area contributed by atoms with Crippen LogP contribution in [0.25, 0.3) is 0 Å². The smallest absolute Gasteiger partial charge is 0.136 e. The summed E-state index contributed by atoms with van der Waals surface area (Å²) in [6, 6.07) is 0.627. The third-order valence-electron chi connectivity index (χ3n) is 2.04. The van der Waals surface area contributed by atoms with Gasteiger partial charge in [0.05, 0.1) is 6.04 Å². The fraction of sp³-hybridized carbons (Fsp3) is 0.857. The number of nitrogens with zero attached hydrogens (tertiary/aromatic N) is 1. The van der Waals surface area contributed by atoms with Crippen LogP contribution in [0.2, 0.25) is 0 Å². The molecule has 1 N–H and O–H groups in total. The fourth-order valence-electron chi connectivity index (χ4n) is 1.24. The Bertz CT molecular complexity index is 125. The number of rotatable bonds is 2. The van der Waals surface area contributed by atoms with Crippen LogP contribution in [-0.2, 0) is 4.79 Å². The molecule has 0 aromatic heterocycles. The van der Waals surface area contributed by atoms with Gasteiger partial charge in [0.2, 0.25) is 0 Å². The van der Waals surface area contributed by atoms with Crippen molar-refractivity contribution in [3.8, 4) is 0 Å². The largest absolute Gasteiger partial charge is 0.306 e. The van der Waals surface area contributed by atoms with E-state index in [0.29, 0.717) is 6.04 Å². The molecular weight excluding hydrogens is 128 g/mol. The quantitative estimate of drug-likeness (QED) is 0.526. The van der Waals surface area contributed by atoms with Gasteiger partial charge in [-0.1, -0.05) is 0 Å². The number of hydrogen-bond acceptors (Lipinski definition) is 3. The Morgan fingerprint density at radius 3 is 2.60 bits per heavy atom. The van der Waals surface area contributed by atoms with Crippen LogP contribution >= 0.6 is 0 Å². The summed E-state index contributed by atoms with van der Waals surface area (Å²) in [6.07, 6.45) is 1.94. The lowest BCUT2D eigenvalue weighted by molar-refractivity contribution is -0.109. The highest BCUT2D eigenvalue weighted by Crippen LogP contribution is 2.08. The van der Waals surface area contributed by atoms with Crippen LogP contribution in [0.4, 0.5) is 0 Å². The second-order valence-electron chi connectivity index (χ2n) is 3.00. The molecule has 3 nitrogen and oxygen atoms in total. The van der Waals surface area contributed by atoms with Gasteiger partial charge < -0.3 is 15.0 Å². The first-order valence-electron chi connectivity index (χ1n) is 3.59. The standard InChI is InChI=1S/C7H14N2O/c1-9(2)7-3-6(5-10)8-4-7/h5-8H,3-4H2,1-2H3. The Labute approximate surface area is 61.4 Å². The maximum Gasteiger partial charge on any atom is 0.136 e. The molecule has 2 unspecified atom stereocenters. The van der Waals surface area contributed by atoms with Gasteiger partial charge in [-0.2, -0.15) is 0 Å². The van der Waals surface area contributed by atoms with E-state index in [1.54, 1.807) is 0 Å². The van der Waals surface area contributed by atoms with E-state index in [1.165, 1.54) is 0 Å². The lowest BCUT2D eigenvalue weighted by Crippen LogP contribution is -2.29. The highest BCUT2D eigenvalue weighted by atomic mass is 16.1. The highest BCUT2D eigenvalue weighted by Gasteiger charge is 2.24. The molecule has 2 atom stereocenters. The molecule has 0 amide bonds. The normalized spacial score (nSPS) is 33.1. The van der Waals surface area contributed by atoms with Crippen LogP contribution in [-0.4, -0.2) is 43.9 Å². The Morgan fingerprint density at radius 2 is 2.30 bits per heavy atom. The number of carbonyl (C=O) groups is 1. The molecule has 1 heterocycles. The van der Waals surface area contributed by atoms with Gasteiger partial charge in [-0.05, 0) is 20.5 Å². The molecule has 0 spiro atoms. The molecule has 0 aliphatic carbocycles. The van der Waals surface area contributed by atoms with Gasteiger partial charge >= 0.3 is 0 Å². The van der Waals surface area contributed by atoms with E-state index in [9.17, 15) is 4.79 Å². The van der Waals surface area contributed by atoms with Crippen molar-refractivity contribution < 1.29 is 4.79 Å². The Kier molecular flexibility index (Phi) is 2.40. The third kappa shape index (κ3) is 1.55. The SMILES string of the molecule is CN(C)C1CNC(C=O)C1. The summed E-state index contributed by atoms with van der Waals surface area (Å²) in [6.45, 7) is 0.941. The second-order valence-corrected chi connectivity index (χ2v) is 3.00. The van der Waals surface area contributed by atoms with Crippen molar-refractivity contribution >= 4 is 6.29 Å². The van der Waals surface area contributed by atoms with Gasteiger partial charge in [-0.15, -0.1) is 0 Å². The van der Waals surface area contributed by atoms with Crippen LogP contribution in [0.3, 0.4) is 0 Å². The summed E-state index contributed by atoms with van der Waals surface area (Å²) in [4.78, 5) is 12.4. The van der Waals surface area contributed by atoms with Crippen LogP contribution in [0.5, 0.6) is 0 Å². The number of hydrogen-bond donors (Lipinski definition) is 1. The maximum atomic E-state index is 10.3. The van der Waals surface area contributed by atoms with Gasteiger partial charge in [0.25, 0.3) is 0 Å². The molecule has 1 rings (SSSR count). The maximum absolute atomic E-state index is 10.3. The van der Waals surface area contributed by atoms with Crippen molar-refractivity contribution in [3.05, 3.63) is 0 Å². The highest BCUT2D eigenvalue weighted by molar-refractivity contribution is 5.58. The Balaban J connectivity index is 2.35. The molecule has 1 saturated heterocycles. The molecule has 0 aromatic carbocycles. The molecule has 0 saturated carbocycles. The van der Waals surface area contributed by atoms with Crippen molar-refractivity contribution in [1.29, 1.82) is 0 Å². The fourth-order valence-corrected chi connectivity index (χ4v) is 1.24. The van der Waals surface area contributed by atoms with Gasteiger partial charge in [-0.3, -0.25) is 0 Å². The molecule has 3 heteroatoms. The zero-order valence-electron chi connectivity index (χ0n) is 6.50. The first-order valence-corrected chi connectivity index (χ1v) is 3.59. The van der Waals surface area contributed by atoms with Crippen LogP contribution in [0.1, 0.15) is 6.42 Å². The van der Waals surface area contributed by atoms with Gasteiger partial charge in [0.1, 0.15) is 6.29 Å². The molecule has 1 fully saturated rings. The minimum absolute atomic E-state index is 0.0902. The van der Waals surface area contributed by atoms with E-state index < -0.39 is 0 Å². The first kappa shape index (κ1) is 7.69. The van der Waals surface area contributed by atoms with Crippen molar-refractivity contribution in [2.75, 3.05) is 20.6 Å². The summed E-state index contributed by atoms with van der Waals surface area (Å²) in [7, 11) is 4.08. The van der Waals surface area contributed by atoms with E-state index in [0.717, 1.165) is 19.3 Å². The first-order chi connectivity index (χ1) is 4.74. The monoisotopic (exact) mass is 142 g/mol. The molecule has 0 bridgehead atoms. The lowest BCUT2D eigenvalue weighted by atomic mass is 10.2. The zero-order valence-corrected chi connectivity index (χ0v) is 6.50. The van der Waals surface area contributed by atoms with Crippen molar-refractivity contribution in [2.24, 2.45) is 0 Å². The Morgan fingerprint density at radius 1 is 1.60 bits per heavy atom. The van der Waals surface area contributed by atoms with Gasteiger partial charge in [0, 0.05) is 12.6 Å². The number of carbonyl (C=O) groups excluding carboxylic acids is 1. The summed E-state index contributed by atoms with van der Waals surface area (Å²) in [5, 5.41) is 3.13. The summed E-state index contributed by atoms with van der Waals surface area (Å²) in [5.41, 5.74) is 0. The summed E-state index contributed by atoms with van der Waals surface area (Å²) >= 11 is 0. The average Bonchev–Trinajstić information content (AvgIpc) is 2.34. The molecule has 10 heavy (non-hydrogen) atoms. The molecule has 1 aliphatic heterocycles. The number of nitrogens with one attached hydrogen (secondary N) is 1. The number of aldehydes is 1.